The molecule has 0 saturated carbocycles. The molecule has 27 heavy (non-hydrogen) atoms. The zero-order valence-electron chi connectivity index (χ0n) is 15.2. The fourth-order valence-electron chi connectivity index (χ4n) is 2.75. The second-order valence-corrected chi connectivity index (χ2v) is 6.31. The third kappa shape index (κ3) is 5.69. The Morgan fingerprint density at radius 1 is 0.815 bits per heavy atom. The first-order valence-electron chi connectivity index (χ1n) is 9.07. The lowest BCUT2D eigenvalue weighted by molar-refractivity contribution is -0.120. The molecule has 4 nitrogen and oxygen atoms in total. The maximum Gasteiger partial charge on any atom is 0.224 e. The van der Waals surface area contributed by atoms with Gasteiger partial charge in [-0.25, -0.2) is 0 Å². The van der Waals surface area contributed by atoms with Crippen LogP contribution in [0.15, 0.2) is 78.9 Å². The van der Waals surface area contributed by atoms with Crippen LogP contribution < -0.4 is 15.8 Å². The highest BCUT2D eigenvalue weighted by atomic mass is 16.5. The molecule has 138 valence electrons. The smallest absolute Gasteiger partial charge is 0.224 e. The maximum absolute atomic E-state index is 11.7. The molecular formula is C23H24N2O2. The van der Waals surface area contributed by atoms with Gasteiger partial charge in [0.05, 0.1) is 6.42 Å². The van der Waals surface area contributed by atoms with Crippen LogP contribution in [0.1, 0.15) is 11.1 Å². The molecule has 0 aromatic heterocycles. The number of carbonyl (C=O) groups excluding carboxylic acids is 1. The summed E-state index contributed by atoms with van der Waals surface area (Å²) in [4.78, 5) is 11.7. The van der Waals surface area contributed by atoms with E-state index in [0.29, 0.717) is 26.1 Å². The first-order valence-corrected chi connectivity index (χ1v) is 9.07. The van der Waals surface area contributed by atoms with Gasteiger partial charge in [-0.3, -0.25) is 4.79 Å². The van der Waals surface area contributed by atoms with E-state index < -0.39 is 0 Å². The van der Waals surface area contributed by atoms with E-state index in [1.807, 2.05) is 42.5 Å². The third-order valence-corrected chi connectivity index (χ3v) is 4.22. The normalized spacial score (nSPS) is 10.4. The van der Waals surface area contributed by atoms with Crippen molar-refractivity contribution < 1.29 is 9.53 Å². The fourth-order valence-corrected chi connectivity index (χ4v) is 2.75. The topological polar surface area (TPSA) is 64.3 Å². The lowest BCUT2D eigenvalue weighted by Gasteiger charge is -2.09. The summed E-state index contributed by atoms with van der Waals surface area (Å²) in [7, 11) is 0. The quantitative estimate of drug-likeness (QED) is 0.646. The van der Waals surface area contributed by atoms with Crippen molar-refractivity contribution in [2.24, 2.45) is 5.73 Å². The number of hydrogen-bond acceptors (Lipinski definition) is 3. The summed E-state index contributed by atoms with van der Waals surface area (Å²) in [5.74, 6) is 0.765. The molecule has 3 rings (SSSR count). The Morgan fingerprint density at radius 3 is 2.11 bits per heavy atom. The SMILES string of the molecule is NCCNC(=O)Cc1ccc(OCc2ccc(-c3ccccc3)cc2)cc1. The van der Waals surface area contributed by atoms with Crippen molar-refractivity contribution in [3.63, 3.8) is 0 Å². The molecule has 4 heteroatoms. The zero-order chi connectivity index (χ0) is 18.9. The summed E-state index contributed by atoms with van der Waals surface area (Å²) >= 11 is 0. The minimum atomic E-state index is -0.0207. The van der Waals surface area contributed by atoms with Crippen molar-refractivity contribution in [2.45, 2.75) is 13.0 Å². The van der Waals surface area contributed by atoms with Crippen LogP contribution in [0.25, 0.3) is 11.1 Å². The van der Waals surface area contributed by atoms with Gasteiger partial charge in [-0.1, -0.05) is 66.7 Å². The van der Waals surface area contributed by atoms with Crippen molar-refractivity contribution in [3.05, 3.63) is 90.0 Å². The van der Waals surface area contributed by atoms with E-state index in [9.17, 15) is 4.79 Å². The first-order chi connectivity index (χ1) is 13.2. The summed E-state index contributed by atoms with van der Waals surface area (Å²) in [6.45, 7) is 1.46. The van der Waals surface area contributed by atoms with Crippen LogP contribution >= 0.6 is 0 Å². The summed E-state index contributed by atoms with van der Waals surface area (Å²) in [5.41, 5.74) is 9.83. The van der Waals surface area contributed by atoms with E-state index >= 15 is 0 Å². The highest BCUT2D eigenvalue weighted by Crippen LogP contribution is 2.20. The number of nitrogens with two attached hydrogens (primary N) is 1. The van der Waals surface area contributed by atoms with Crippen LogP contribution in [-0.4, -0.2) is 19.0 Å². The van der Waals surface area contributed by atoms with Gasteiger partial charge < -0.3 is 15.8 Å². The molecule has 3 aromatic rings. The lowest BCUT2D eigenvalue weighted by Crippen LogP contribution is -2.30. The predicted octanol–water partition coefficient (Wildman–Crippen LogP) is 3.55. The van der Waals surface area contributed by atoms with Crippen molar-refractivity contribution in [1.29, 1.82) is 0 Å². The minimum absolute atomic E-state index is 0.0207. The fraction of sp³-hybridized carbons (Fsp3) is 0.174. The molecular weight excluding hydrogens is 336 g/mol. The number of rotatable bonds is 8. The van der Waals surface area contributed by atoms with E-state index in [1.54, 1.807) is 0 Å². The molecule has 0 atom stereocenters. The van der Waals surface area contributed by atoms with Crippen molar-refractivity contribution in [2.75, 3.05) is 13.1 Å². The molecule has 0 unspecified atom stereocenters. The van der Waals surface area contributed by atoms with Gasteiger partial charge in [0.15, 0.2) is 0 Å². The molecule has 0 bridgehead atoms. The average molecular weight is 360 g/mol. The summed E-state index contributed by atoms with van der Waals surface area (Å²) in [5, 5.41) is 2.76. The standard InChI is InChI=1S/C23H24N2O2/c24-14-15-25-23(26)16-18-8-12-22(13-9-18)27-17-19-6-10-21(11-7-19)20-4-2-1-3-5-20/h1-13H,14-17,24H2,(H,25,26). The lowest BCUT2D eigenvalue weighted by atomic mass is 10.0. The van der Waals surface area contributed by atoms with Crippen LogP contribution in [0.2, 0.25) is 0 Å². The van der Waals surface area contributed by atoms with Crippen molar-refractivity contribution >= 4 is 5.91 Å². The van der Waals surface area contributed by atoms with Crippen LogP contribution in [-0.2, 0) is 17.8 Å². The molecule has 0 spiro atoms. The zero-order valence-corrected chi connectivity index (χ0v) is 15.2. The van der Waals surface area contributed by atoms with Crippen LogP contribution in [0.3, 0.4) is 0 Å². The van der Waals surface area contributed by atoms with Crippen molar-refractivity contribution in [1.82, 2.24) is 5.32 Å². The van der Waals surface area contributed by atoms with E-state index in [4.69, 9.17) is 10.5 Å². The molecule has 0 heterocycles. The van der Waals surface area contributed by atoms with E-state index in [2.05, 4.69) is 41.7 Å². The average Bonchev–Trinajstić information content (AvgIpc) is 2.73. The maximum atomic E-state index is 11.7. The monoisotopic (exact) mass is 360 g/mol. The molecule has 1 amide bonds. The molecule has 0 aliphatic carbocycles. The summed E-state index contributed by atoms with van der Waals surface area (Å²) in [6.07, 6.45) is 0.348. The number of ether oxygens (including phenoxy) is 1. The summed E-state index contributed by atoms with van der Waals surface area (Å²) in [6, 6.07) is 26.3. The Kier molecular flexibility index (Phi) is 6.61. The van der Waals surface area contributed by atoms with Gasteiger partial charge in [-0.05, 0) is 34.4 Å². The van der Waals surface area contributed by atoms with Gasteiger partial charge in [0.1, 0.15) is 12.4 Å². The van der Waals surface area contributed by atoms with E-state index in [-0.39, 0.29) is 5.91 Å². The van der Waals surface area contributed by atoms with Gasteiger partial charge in [0.25, 0.3) is 0 Å². The first kappa shape index (κ1) is 18.7. The number of nitrogens with one attached hydrogen (secondary N) is 1. The Balaban J connectivity index is 1.52. The van der Waals surface area contributed by atoms with Crippen LogP contribution in [0.4, 0.5) is 0 Å². The van der Waals surface area contributed by atoms with Crippen molar-refractivity contribution in [3.8, 4) is 16.9 Å². The van der Waals surface area contributed by atoms with Gasteiger partial charge in [0, 0.05) is 13.1 Å². The third-order valence-electron chi connectivity index (χ3n) is 4.22. The molecule has 3 N–H and O–H groups in total. The second-order valence-electron chi connectivity index (χ2n) is 6.31. The molecule has 0 saturated heterocycles. The van der Waals surface area contributed by atoms with Crippen LogP contribution in [0.5, 0.6) is 5.75 Å². The molecule has 3 aromatic carbocycles. The van der Waals surface area contributed by atoms with Gasteiger partial charge in [-0.2, -0.15) is 0 Å². The Bertz CT molecular complexity index is 844. The van der Waals surface area contributed by atoms with Crippen LogP contribution in [0, 0.1) is 0 Å². The molecule has 0 fully saturated rings. The minimum Gasteiger partial charge on any atom is -0.489 e. The number of benzene rings is 3. The van der Waals surface area contributed by atoms with Gasteiger partial charge >= 0.3 is 0 Å². The Morgan fingerprint density at radius 2 is 1.44 bits per heavy atom. The largest absolute Gasteiger partial charge is 0.489 e. The molecule has 0 radical (unpaired) electrons. The predicted molar refractivity (Wildman–Crippen MR) is 108 cm³/mol. The second kappa shape index (κ2) is 9.55. The highest BCUT2D eigenvalue weighted by molar-refractivity contribution is 5.78. The highest BCUT2D eigenvalue weighted by Gasteiger charge is 2.03. The summed E-state index contributed by atoms with van der Waals surface area (Å²) < 4.78 is 5.85. The number of hydrogen-bond donors (Lipinski definition) is 2. The number of carbonyl (C=O) groups is 1. The number of amides is 1. The van der Waals surface area contributed by atoms with Gasteiger partial charge in [0.2, 0.25) is 5.91 Å². The van der Waals surface area contributed by atoms with E-state index in [1.165, 1.54) is 11.1 Å². The molecule has 0 aliphatic rings. The van der Waals surface area contributed by atoms with Gasteiger partial charge in [-0.15, -0.1) is 0 Å². The van der Waals surface area contributed by atoms with E-state index in [0.717, 1.165) is 16.9 Å². The molecule has 0 aliphatic heterocycles. The Labute approximate surface area is 160 Å². The Hall–Kier alpha value is -3.11.